The van der Waals surface area contributed by atoms with Crippen LogP contribution >= 0.6 is 0 Å². The Kier molecular flexibility index (Phi) is 5.90. The minimum atomic E-state index is -0.141. The predicted molar refractivity (Wildman–Crippen MR) is 97.7 cm³/mol. The van der Waals surface area contributed by atoms with Gasteiger partial charge in [-0.25, -0.2) is 0 Å². The molecule has 0 amide bonds. The number of aliphatic hydroxyl groups is 2. The molecule has 0 aromatic carbocycles. The lowest BCUT2D eigenvalue weighted by Gasteiger charge is -2.37. The Bertz CT molecular complexity index is 364. The second kappa shape index (κ2) is 7.61. The van der Waals surface area contributed by atoms with Crippen molar-refractivity contribution >= 4 is 0 Å². The van der Waals surface area contributed by atoms with Crippen molar-refractivity contribution < 1.29 is 10.2 Å². The summed E-state index contributed by atoms with van der Waals surface area (Å²) in [5, 5.41) is 22.5. The second-order valence-corrected chi connectivity index (χ2v) is 9.23. The molecule has 0 unspecified atom stereocenters. The number of aliphatic hydroxyl groups excluding tert-OH is 2. The molecule has 24 heavy (non-hydrogen) atoms. The average molecular weight is 339 g/mol. The summed E-state index contributed by atoms with van der Waals surface area (Å²) in [7, 11) is 0. The quantitative estimate of drug-likeness (QED) is 0.547. The van der Waals surface area contributed by atoms with Gasteiger partial charge in [0.05, 0.1) is 12.2 Å². The van der Waals surface area contributed by atoms with Gasteiger partial charge >= 0.3 is 0 Å². The normalized spacial score (nSPS) is 40.5. The molecule has 1 saturated heterocycles. The smallest absolute Gasteiger partial charge is 0.0561 e. The van der Waals surface area contributed by atoms with Crippen LogP contribution in [0.5, 0.6) is 0 Å². The fourth-order valence-corrected chi connectivity index (χ4v) is 6.11. The summed E-state index contributed by atoms with van der Waals surface area (Å²) >= 11 is 0. The van der Waals surface area contributed by atoms with Crippen molar-refractivity contribution in [3.63, 3.8) is 0 Å². The molecule has 0 aromatic rings. The van der Waals surface area contributed by atoms with Gasteiger partial charge < -0.3 is 21.3 Å². The maximum absolute atomic E-state index is 9.62. The van der Waals surface area contributed by atoms with E-state index in [0.717, 1.165) is 57.5 Å². The minimum Gasteiger partial charge on any atom is -0.393 e. The molecule has 1 heterocycles. The van der Waals surface area contributed by atoms with Crippen molar-refractivity contribution in [2.75, 3.05) is 13.1 Å². The van der Waals surface area contributed by atoms with Crippen molar-refractivity contribution in [2.45, 2.75) is 95.8 Å². The van der Waals surface area contributed by atoms with E-state index in [1.165, 1.54) is 32.1 Å². The molecule has 4 heteroatoms. The van der Waals surface area contributed by atoms with E-state index in [-0.39, 0.29) is 23.7 Å². The molecule has 0 aromatic heterocycles. The lowest BCUT2D eigenvalue weighted by molar-refractivity contribution is 0.117. The molecule has 0 radical (unpaired) electrons. The minimum absolute atomic E-state index is 0.0121. The molecule has 4 rings (SSSR count). The van der Waals surface area contributed by atoms with Crippen molar-refractivity contribution in [2.24, 2.45) is 22.5 Å². The van der Waals surface area contributed by atoms with Crippen molar-refractivity contribution in [1.82, 2.24) is 5.32 Å². The van der Waals surface area contributed by atoms with Crippen LogP contribution in [0.15, 0.2) is 0 Å². The predicted octanol–water partition coefficient (Wildman–Crippen LogP) is 2.57. The zero-order valence-electron chi connectivity index (χ0n) is 15.5. The Hall–Kier alpha value is -0.160. The van der Waals surface area contributed by atoms with Gasteiger partial charge in [0.1, 0.15) is 0 Å². The molecule has 3 saturated carbocycles. The average Bonchev–Trinajstić information content (AvgIpc) is 2.97. The molecular formula is C20H38N2O2. The van der Waals surface area contributed by atoms with Crippen LogP contribution in [0.4, 0.5) is 0 Å². The fourth-order valence-electron chi connectivity index (χ4n) is 6.11. The Labute approximate surface area is 147 Å². The van der Waals surface area contributed by atoms with Gasteiger partial charge in [-0.15, -0.1) is 0 Å². The van der Waals surface area contributed by atoms with E-state index in [1.54, 1.807) is 0 Å². The summed E-state index contributed by atoms with van der Waals surface area (Å²) in [6.07, 6.45) is 13.0. The zero-order chi connectivity index (χ0) is 17.2. The van der Waals surface area contributed by atoms with Gasteiger partial charge in [0, 0.05) is 6.04 Å². The van der Waals surface area contributed by atoms with Crippen LogP contribution in [-0.2, 0) is 0 Å². The van der Waals surface area contributed by atoms with Crippen LogP contribution in [0.25, 0.3) is 0 Å². The van der Waals surface area contributed by atoms with E-state index in [0.29, 0.717) is 5.41 Å². The van der Waals surface area contributed by atoms with Crippen molar-refractivity contribution in [1.29, 1.82) is 0 Å². The van der Waals surface area contributed by atoms with E-state index < -0.39 is 0 Å². The summed E-state index contributed by atoms with van der Waals surface area (Å²) in [5.41, 5.74) is 6.87. The van der Waals surface area contributed by atoms with Gasteiger partial charge in [-0.05, 0) is 81.2 Å². The number of piperidine rings is 1. The highest BCUT2D eigenvalue weighted by molar-refractivity contribution is 5.00. The van der Waals surface area contributed by atoms with Crippen LogP contribution < -0.4 is 11.1 Å². The van der Waals surface area contributed by atoms with Crippen LogP contribution in [0.3, 0.4) is 0 Å². The summed E-state index contributed by atoms with van der Waals surface area (Å²) in [4.78, 5) is 0. The van der Waals surface area contributed by atoms with Gasteiger partial charge in [-0.2, -0.15) is 0 Å². The molecule has 4 atom stereocenters. The van der Waals surface area contributed by atoms with E-state index >= 15 is 0 Å². The van der Waals surface area contributed by atoms with Crippen LogP contribution in [0, 0.1) is 16.7 Å². The summed E-state index contributed by atoms with van der Waals surface area (Å²) < 4.78 is 0. The molecule has 4 nitrogen and oxygen atoms in total. The summed E-state index contributed by atoms with van der Waals surface area (Å²) in [5.74, 6) is 0.771. The topological polar surface area (TPSA) is 78.5 Å². The summed E-state index contributed by atoms with van der Waals surface area (Å²) in [6.45, 7) is 4.47. The highest BCUT2D eigenvalue weighted by Crippen LogP contribution is 2.52. The lowest BCUT2D eigenvalue weighted by Crippen LogP contribution is -2.45. The third-order valence-corrected chi connectivity index (χ3v) is 7.72. The van der Waals surface area contributed by atoms with Crippen molar-refractivity contribution in [3.8, 4) is 0 Å². The number of hydrogen-bond acceptors (Lipinski definition) is 4. The fraction of sp³-hybridized carbons (Fsp3) is 1.00. The van der Waals surface area contributed by atoms with E-state index in [1.807, 2.05) is 0 Å². The first kappa shape index (κ1) is 18.6. The third kappa shape index (κ3) is 3.82. The van der Waals surface area contributed by atoms with E-state index in [4.69, 9.17) is 5.73 Å². The molecule has 1 aliphatic heterocycles. The monoisotopic (exact) mass is 338 g/mol. The first-order valence-corrected chi connectivity index (χ1v) is 10.3. The first-order valence-electron chi connectivity index (χ1n) is 10.3. The van der Waals surface area contributed by atoms with Crippen LogP contribution in [0.1, 0.15) is 77.6 Å². The Balaban J connectivity index is 0.000000141. The Morgan fingerprint density at radius 3 is 1.92 bits per heavy atom. The standard InChI is InChI=1S/C11H20O.C9H18N2O/c1-9-7-10(12)8-11(9)5-3-2-4-6-11;10-8-5-7(12)6-9(8)1-3-11-4-2-9/h9-10,12H,2-8H2,1H3;7-8,11-12H,1-6,10H2/t9-,10+;7-,8+/m10/s1. The SMILES string of the molecule is C[C@@H]1C[C@H](O)CC12CCCCC2.N[C@@H]1C[C@H](O)CC12CCNCC2. The number of nitrogens with two attached hydrogens (primary N) is 1. The highest BCUT2D eigenvalue weighted by Gasteiger charge is 2.45. The molecule has 0 bridgehead atoms. The lowest BCUT2D eigenvalue weighted by atomic mass is 9.68. The third-order valence-electron chi connectivity index (χ3n) is 7.72. The Morgan fingerprint density at radius 1 is 0.833 bits per heavy atom. The van der Waals surface area contributed by atoms with E-state index in [2.05, 4.69) is 12.2 Å². The number of nitrogens with one attached hydrogen (secondary N) is 1. The molecular weight excluding hydrogens is 300 g/mol. The van der Waals surface area contributed by atoms with Crippen LogP contribution in [-0.4, -0.2) is 41.6 Å². The van der Waals surface area contributed by atoms with Crippen LogP contribution in [0.2, 0.25) is 0 Å². The number of rotatable bonds is 0. The van der Waals surface area contributed by atoms with Crippen molar-refractivity contribution in [3.05, 3.63) is 0 Å². The molecule has 4 aliphatic rings. The van der Waals surface area contributed by atoms with Gasteiger partial charge in [0.25, 0.3) is 0 Å². The van der Waals surface area contributed by atoms with Gasteiger partial charge in [-0.1, -0.05) is 26.2 Å². The Morgan fingerprint density at radius 2 is 1.42 bits per heavy atom. The van der Waals surface area contributed by atoms with Gasteiger partial charge in [-0.3, -0.25) is 0 Å². The first-order chi connectivity index (χ1) is 11.5. The summed E-state index contributed by atoms with van der Waals surface area (Å²) in [6, 6.07) is 0.231. The maximum atomic E-state index is 9.62. The molecule has 4 fully saturated rings. The van der Waals surface area contributed by atoms with Gasteiger partial charge in [0.2, 0.25) is 0 Å². The molecule has 2 spiro atoms. The maximum Gasteiger partial charge on any atom is 0.0561 e. The molecule has 140 valence electrons. The number of hydrogen-bond donors (Lipinski definition) is 4. The largest absolute Gasteiger partial charge is 0.393 e. The molecule has 5 N–H and O–H groups in total. The highest BCUT2D eigenvalue weighted by atomic mass is 16.3. The van der Waals surface area contributed by atoms with Gasteiger partial charge in [0.15, 0.2) is 0 Å². The second-order valence-electron chi connectivity index (χ2n) is 9.23. The van der Waals surface area contributed by atoms with E-state index in [9.17, 15) is 10.2 Å². The molecule has 3 aliphatic carbocycles. The zero-order valence-corrected chi connectivity index (χ0v) is 15.5.